The van der Waals surface area contributed by atoms with Crippen molar-refractivity contribution in [1.82, 2.24) is 0 Å². The molecule has 1 aliphatic heterocycles. The topological polar surface area (TPSA) is 21.6 Å². The zero-order valence-electron chi connectivity index (χ0n) is 11.9. The lowest BCUT2D eigenvalue weighted by atomic mass is 9.80. The SMILES string of the molecule is C=CC[C@@H]1C=CC=C(C2=N[C@@H](C(C)C)CO2)[C@H]1C=C. The van der Waals surface area contributed by atoms with Crippen LogP contribution in [-0.4, -0.2) is 18.5 Å². The summed E-state index contributed by atoms with van der Waals surface area (Å²) in [7, 11) is 0. The summed E-state index contributed by atoms with van der Waals surface area (Å²) in [4.78, 5) is 4.72. The van der Waals surface area contributed by atoms with Crippen LogP contribution in [0, 0.1) is 17.8 Å². The minimum Gasteiger partial charge on any atom is -0.475 e. The molecule has 2 aliphatic rings. The fourth-order valence-electron chi connectivity index (χ4n) is 2.59. The lowest BCUT2D eigenvalue weighted by Gasteiger charge is -2.25. The van der Waals surface area contributed by atoms with Crippen molar-refractivity contribution in [2.75, 3.05) is 6.61 Å². The van der Waals surface area contributed by atoms with E-state index in [9.17, 15) is 0 Å². The van der Waals surface area contributed by atoms with Gasteiger partial charge in [0, 0.05) is 11.5 Å². The van der Waals surface area contributed by atoms with Crippen LogP contribution in [0.5, 0.6) is 0 Å². The van der Waals surface area contributed by atoms with Crippen LogP contribution in [0.2, 0.25) is 0 Å². The Hall–Kier alpha value is -1.57. The second kappa shape index (κ2) is 6.05. The number of allylic oxidation sites excluding steroid dienone is 5. The van der Waals surface area contributed by atoms with E-state index < -0.39 is 0 Å². The molecule has 0 aromatic rings. The Labute approximate surface area is 116 Å². The van der Waals surface area contributed by atoms with Gasteiger partial charge in [-0.25, -0.2) is 4.99 Å². The highest BCUT2D eigenvalue weighted by molar-refractivity contribution is 5.96. The summed E-state index contributed by atoms with van der Waals surface area (Å²) >= 11 is 0. The maximum atomic E-state index is 5.80. The zero-order chi connectivity index (χ0) is 13.8. The number of hydrogen-bond acceptors (Lipinski definition) is 2. The monoisotopic (exact) mass is 257 g/mol. The molecule has 0 bridgehead atoms. The highest BCUT2D eigenvalue weighted by Gasteiger charge is 2.30. The molecule has 0 unspecified atom stereocenters. The van der Waals surface area contributed by atoms with E-state index in [1.165, 1.54) is 0 Å². The van der Waals surface area contributed by atoms with Crippen LogP contribution in [0.25, 0.3) is 0 Å². The third kappa shape index (κ3) is 2.89. The molecule has 1 aliphatic carbocycles. The van der Waals surface area contributed by atoms with E-state index in [2.05, 4.69) is 45.2 Å². The minimum atomic E-state index is 0.271. The van der Waals surface area contributed by atoms with Crippen molar-refractivity contribution in [3.05, 3.63) is 49.1 Å². The van der Waals surface area contributed by atoms with Crippen molar-refractivity contribution in [1.29, 1.82) is 0 Å². The highest BCUT2D eigenvalue weighted by Crippen LogP contribution is 2.33. The van der Waals surface area contributed by atoms with Gasteiger partial charge in [0.25, 0.3) is 0 Å². The van der Waals surface area contributed by atoms with Crippen LogP contribution in [0.4, 0.5) is 0 Å². The fraction of sp³-hybridized carbons (Fsp3) is 0.471. The lowest BCUT2D eigenvalue weighted by Crippen LogP contribution is -2.21. The largest absolute Gasteiger partial charge is 0.475 e. The van der Waals surface area contributed by atoms with Gasteiger partial charge in [-0.2, -0.15) is 0 Å². The predicted molar refractivity (Wildman–Crippen MR) is 81.2 cm³/mol. The Morgan fingerprint density at radius 2 is 2.26 bits per heavy atom. The van der Waals surface area contributed by atoms with Crippen molar-refractivity contribution in [2.24, 2.45) is 22.7 Å². The van der Waals surface area contributed by atoms with Gasteiger partial charge in [0.15, 0.2) is 0 Å². The summed E-state index contributed by atoms with van der Waals surface area (Å²) < 4.78 is 5.80. The van der Waals surface area contributed by atoms with Gasteiger partial charge >= 0.3 is 0 Å². The number of ether oxygens (including phenoxy) is 1. The second-order valence-electron chi connectivity index (χ2n) is 5.51. The van der Waals surface area contributed by atoms with Crippen molar-refractivity contribution in [3.63, 3.8) is 0 Å². The summed E-state index contributed by atoms with van der Waals surface area (Å²) in [5.74, 6) is 2.01. The number of rotatable bonds is 5. The number of nitrogens with zero attached hydrogens (tertiary/aromatic N) is 1. The Bertz CT molecular complexity index is 442. The van der Waals surface area contributed by atoms with Crippen LogP contribution in [0.3, 0.4) is 0 Å². The first-order chi connectivity index (χ1) is 9.17. The molecule has 0 amide bonds. The summed E-state index contributed by atoms with van der Waals surface area (Å²) in [6.07, 6.45) is 11.3. The van der Waals surface area contributed by atoms with E-state index in [0.29, 0.717) is 18.4 Å². The van der Waals surface area contributed by atoms with Gasteiger partial charge < -0.3 is 4.74 Å². The Morgan fingerprint density at radius 1 is 1.47 bits per heavy atom. The molecule has 0 saturated heterocycles. The van der Waals surface area contributed by atoms with Gasteiger partial charge in [0.05, 0.1) is 6.04 Å². The molecule has 1 heterocycles. The quantitative estimate of drug-likeness (QED) is 0.684. The first-order valence-electron chi connectivity index (χ1n) is 7.00. The molecule has 0 spiro atoms. The van der Waals surface area contributed by atoms with Gasteiger partial charge in [0.1, 0.15) is 6.61 Å². The Morgan fingerprint density at radius 3 is 2.84 bits per heavy atom. The molecule has 2 nitrogen and oxygen atoms in total. The molecule has 102 valence electrons. The molecule has 0 radical (unpaired) electrons. The molecule has 3 atom stereocenters. The van der Waals surface area contributed by atoms with Crippen LogP contribution in [0.15, 0.2) is 54.1 Å². The highest BCUT2D eigenvalue weighted by atomic mass is 16.5. The maximum Gasteiger partial charge on any atom is 0.212 e. The average molecular weight is 257 g/mol. The minimum absolute atomic E-state index is 0.271. The van der Waals surface area contributed by atoms with Gasteiger partial charge in [-0.3, -0.25) is 0 Å². The van der Waals surface area contributed by atoms with E-state index in [1.807, 2.05) is 12.2 Å². The molecule has 2 heteroatoms. The van der Waals surface area contributed by atoms with Gasteiger partial charge in [-0.05, 0) is 18.3 Å². The smallest absolute Gasteiger partial charge is 0.212 e. The molecular formula is C17H23NO. The summed E-state index contributed by atoms with van der Waals surface area (Å²) in [5, 5.41) is 0. The number of aliphatic imine (C=N–C) groups is 1. The van der Waals surface area contributed by atoms with Crippen LogP contribution in [0.1, 0.15) is 20.3 Å². The van der Waals surface area contributed by atoms with Crippen LogP contribution >= 0.6 is 0 Å². The van der Waals surface area contributed by atoms with Gasteiger partial charge in [0.2, 0.25) is 5.90 Å². The van der Waals surface area contributed by atoms with E-state index in [4.69, 9.17) is 9.73 Å². The van der Waals surface area contributed by atoms with E-state index >= 15 is 0 Å². The standard InChI is InChI=1S/C17H23NO/c1-5-8-13-9-7-10-15(14(13)6-2)17-18-16(11-19-17)12(3)4/h5-7,9-10,12-14,16H,1-2,8,11H2,3-4H3/t13-,14+,16-/m1/s1. The average Bonchev–Trinajstić information content (AvgIpc) is 2.88. The lowest BCUT2D eigenvalue weighted by molar-refractivity contribution is 0.289. The first-order valence-corrected chi connectivity index (χ1v) is 7.00. The Balaban J connectivity index is 2.21. The summed E-state index contributed by atoms with van der Waals surface area (Å²) in [6.45, 7) is 12.9. The molecule has 0 aromatic heterocycles. The third-order valence-electron chi connectivity index (χ3n) is 3.84. The fourth-order valence-corrected chi connectivity index (χ4v) is 2.59. The first kappa shape index (κ1) is 13.9. The van der Waals surface area contributed by atoms with Crippen molar-refractivity contribution < 1.29 is 4.74 Å². The zero-order valence-corrected chi connectivity index (χ0v) is 11.9. The van der Waals surface area contributed by atoms with E-state index in [1.54, 1.807) is 0 Å². The summed E-state index contributed by atoms with van der Waals surface area (Å²) in [6, 6.07) is 0.283. The second-order valence-corrected chi connectivity index (χ2v) is 5.51. The van der Waals surface area contributed by atoms with Crippen molar-refractivity contribution in [2.45, 2.75) is 26.3 Å². The maximum absolute atomic E-state index is 5.80. The van der Waals surface area contributed by atoms with E-state index in [0.717, 1.165) is 17.9 Å². The van der Waals surface area contributed by atoms with Crippen LogP contribution in [-0.2, 0) is 4.74 Å². The molecule has 0 aromatic carbocycles. The molecular weight excluding hydrogens is 234 g/mol. The molecule has 0 N–H and O–H groups in total. The van der Waals surface area contributed by atoms with E-state index in [-0.39, 0.29) is 12.0 Å². The van der Waals surface area contributed by atoms with Crippen molar-refractivity contribution >= 4 is 5.90 Å². The molecule has 2 rings (SSSR count). The van der Waals surface area contributed by atoms with Gasteiger partial charge in [-0.1, -0.05) is 44.2 Å². The molecule has 0 saturated carbocycles. The Kier molecular flexibility index (Phi) is 4.41. The third-order valence-corrected chi connectivity index (χ3v) is 3.84. The van der Waals surface area contributed by atoms with Crippen molar-refractivity contribution in [3.8, 4) is 0 Å². The van der Waals surface area contributed by atoms with Crippen LogP contribution < -0.4 is 0 Å². The summed E-state index contributed by atoms with van der Waals surface area (Å²) in [5.41, 5.74) is 1.16. The number of hydrogen-bond donors (Lipinski definition) is 0. The normalized spacial score (nSPS) is 29.7. The predicted octanol–water partition coefficient (Wildman–Crippen LogP) is 3.93. The molecule has 19 heavy (non-hydrogen) atoms. The molecule has 0 fully saturated rings. The van der Waals surface area contributed by atoms with Gasteiger partial charge in [-0.15, -0.1) is 13.2 Å².